The van der Waals surface area contributed by atoms with Gasteiger partial charge in [-0.25, -0.2) is 14.6 Å². The van der Waals surface area contributed by atoms with Gasteiger partial charge in [0.25, 0.3) is 0 Å². The van der Waals surface area contributed by atoms with Gasteiger partial charge in [0.1, 0.15) is 5.82 Å². The van der Waals surface area contributed by atoms with Crippen LogP contribution in [0.2, 0.25) is 5.02 Å². The average molecular weight is 501 g/mol. The number of carbonyl (C=O) groups excluding carboxylic acids is 1. The number of fused-ring (bicyclic) bond motifs is 1. The lowest BCUT2D eigenvalue weighted by molar-refractivity contribution is -0.126. The fourth-order valence-corrected chi connectivity index (χ4v) is 5.41. The molecule has 1 aliphatic rings. The largest absolute Gasteiger partial charge is 0.369 e. The summed E-state index contributed by atoms with van der Waals surface area (Å²) in [6.07, 6.45) is 6.65. The minimum absolute atomic E-state index is 0.0831. The summed E-state index contributed by atoms with van der Waals surface area (Å²) in [4.78, 5) is 22.9. The van der Waals surface area contributed by atoms with E-state index in [9.17, 15) is 4.79 Å². The van der Waals surface area contributed by atoms with Crippen molar-refractivity contribution in [3.8, 4) is 0 Å². The van der Waals surface area contributed by atoms with E-state index in [1.807, 2.05) is 35.1 Å². The van der Waals surface area contributed by atoms with Gasteiger partial charge in [-0.05, 0) is 37.0 Å². The first-order valence-corrected chi connectivity index (χ1v) is 13.4. The van der Waals surface area contributed by atoms with Crippen LogP contribution in [0.25, 0.3) is 11.0 Å². The van der Waals surface area contributed by atoms with Crippen LogP contribution in [0.3, 0.4) is 0 Å². The molecule has 0 radical (unpaired) electrons. The monoisotopic (exact) mass is 500 g/mol. The van der Waals surface area contributed by atoms with Gasteiger partial charge in [0.2, 0.25) is 5.91 Å². The molecule has 0 bridgehead atoms. The van der Waals surface area contributed by atoms with Crippen molar-refractivity contribution in [3.05, 3.63) is 41.0 Å². The lowest BCUT2D eigenvalue weighted by atomic mass is 9.78. The molecule has 9 heteroatoms. The molecule has 0 spiro atoms. The van der Waals surface area contributed by atoms with Gasteiger partial charge in [0.15, 0.2) is 10.8 Å². The molecule has 1 amide bonds. The van der Waals surface area contributed by atoms with Crippen molar-refractivity contribution >= 4 is 46.1 Å². The van der Waals surface area contributed by atoms with Gasteiger partial charge in [-0.3, -0.25) is 4.79 Å². The molecule has 1 fully saturated rings. The fraction of sp³-hybridized carbons (Fsp3) is 0.520. The number of halogens is 1. The Kier molecular flexibility index (Phi) is 7.99. The third-order valence-corrected chi connectivity index (χ3v) is 7.37. The smallest absolute Gasteiger partial charge is 0.230 e. The number of amides is 1. The highest BCUT2D eigenvalue weighted by molar-refractivity contribution is 7.99. The van der Waals surface area contributed by atoms with Crippen LogP contribution in [0, 0.1) is 0 Å². The van der Waals surface area contributed by atoms with E-state index in [-0.39, 0.29) is 5.91 Å². The number of carbonyl (C=O) groups is 1. The van der Waals surface area contributed by atoms with E-state index in [2.05, 4.69) is 36.5 Å². The van der Waals surface area contributed by atoms with Crippen LogP contribution in [0.1, 0.15) is 58.4 Å². The van der Waals surface area contributed by atoms with E-state index in [1.54, 1.807) is 11.8 Å². The quantitative estimate of drug-likeness (QED) is 0.285. The normalized spacial score (nSPS) is 15.2. The second-order valence-corrected chi connectivity index (χ2v) is 11.1. The maximum absolute atomic E-state index is 13.4. The van der Waals surface area contributed by atoms with Crippen LogP contribution < -0.4 is 10.6 Å². The van der Waals surface area contributed by atoms with Crippen LogP contribution in [0.15, 0.2) is 35.6 Å². The molecule has 2 aromatic heterocycles. The van der Waals surface area contributed by atoms with E-state index in [1.165, 1.54) is 0 Å². The topological polar surface area (TPSA) is 84.7 Å². The molecule has 1 aromatic carbocycles. The predicted octanol–water partition coefficient (Wildman–Crippen LogP) is 5.43. The number of hydrogen-bond donors (Lipinski definition) is 2. The zero-order valence-corrected chi connectivity index (χ0v) is 21.7. The van der Waals surface area contributed by atoms with Gasteiger partial charge in [0, 0.05) is 23.4 Å². The number of hydrogen-bond acceptors (Lipinski definition) is 6. The molecular formula is C25H33ClN6OS. The molecule has 7 nitrogen and oxygen atoms in total. The molecule has 4 rings (SSSR count). The first-order chi connectivity index (χ1) is 16.4. The number of anilines is 1. The molecule has 1 saturated carbocycles. The highest BCUT2D eigenvalue weighted by Gasteiger charge is 2.42. The first kappa shape index (κ1) is 24.8. The third kappa shape index (κ3) is 5.33. The van der Waals surface area contributed by atoms with E-state index in [0.29, 0.717) is 23.4 Å². The molecule has 0 saturated heterocycles. The van der Waals surface area contributed by atoms with E-state index in [4.69, 9.17) is 21.6 Å². The van der Waals surface area contributed by atoms with Crippen LogP contribution in [0.5, 0.6) is 0 Å². The number of thioether (sulfide) groups is 1. The van der Waals surface area contributed by atoms with Crippen molar-refractivity contribution < 1.29 is 4.79 Å². The molecule has 182 valence electrons. The lowest BCUT2D eigenvalue weighted by Gasteiger charge is -2.28. The summed E-state index contributed by atoms with van der Waals surface area (Å²) >= 11 is 7.72. The van der Waals surface area contributed by atoms with Gasteiger partial charge < -0.3 is 10.6 Å². The number of nitrogens with zero attached hydrogens (tertiary/aromatic N) is 4. The molecule has 0 atom stereocenters. The van der Waals surface area contributed by atoms with Gasteiger partial charge in [0.05, 0.1) is 23.5 Å². The fourth-order valence-electron chi connectivity index (χ4n) is 4.58. The van der Waals surface area contributed by atoms with Crippen LogP contribution in [0.4, 0.5) is 5.82 Å². The lowest BCUT2D eigenvalue weighted by Crippen LogP contribution is -2.43. The third-order valence-electron chi connectivity index (χ3n) is 6.26. The summed E-state index contributed by atoms with van der Waals surface area (Å²) < 4.78 is 1.86. The Morgan fingerprint density at radius 1 is 1.18 bits per heavy atom. The van der Waals surface area contributed by atoms with Gasteiger partial charge in [-0.15, -0.1) is 0 Å². The molecule has 0 unspecified atom stereocenters. The summed E-state index contributed by atoms with van der Waals surface area (Å²) in [5.41, 5.74) is 1.36. The van der Waals surface area contributed by atoms with Crippen molar-refractivity contribution in [2.45, 2.75) is 75.2 Å². The summed E-state index contributed by atoms with van der Waals surface area (Å²) in [5.74, 6) is 0.901. The minimum atomic E-state index is -0.475. The van der Waals surface area contributed by atoms with E-state index >= 15 is 0 Å². The van der Waals surface area contributed by atoms with E-state index in [0.717, 1.165) is 66.2 Å². The maximum Gasteiger partial charge on any atom is 0.230 e. The minimum Gasteiger partial charge on any atom is -0.369 e. The predicted molar refractivity (Wildman–Crippen MR) is 140 cm³/mol. The van der Waals surface area contributed by atoms with Crippen LogP contribution in [-0.2, 0) is 16.8 Å². The van der Waals surface area contributed by atoms with Crippen molar-refractivity contribution in [1.29, 1.82) is 0 Å². The Hall–Kier alpha value is -2.32. The summed E-state index contributed by atoms with van der Waals surface area (Å²) in [6.45, 7) is 8.25. The summed E-state index contributed by atoms with van der Waals surface area (Å²) in [7, 11) is 0. The standard InChI is InChI=1S/C25H33ClN6OS/c1-4-13-27-21-20-16-29-32(22(20)31-24(30-21)34-17(2)3)15-14-28-23(33)25(11-5-6-12-25)18-7-9-19(26)10-8-18/h7-10,16-17H,4-6,11-15H2,1-3H3,(H,28,33)(H,27,30,31). The summed E-state index contributed by atoms with van der Waals surface area (Å²) in [6, 6.07) is 7.72. The van der Waals surface area contributed by atoms with Gasteiger partial charge >= 0.3 is 0 Å². The molecule has 3 aromatic rings. The molecule has 2 heterocycles. The van der Waals surface area contributed by atoms with Crippen molar-refractivity contribution in [2.75, 3.05) is 18.4 Å². The van der Waals surface area contributed by atoms with Gasteiger partial charge in [-0.2, -0.15) is 5.10 Å². The highest BCUT2D eigenvalue weighted by atomic mass is 35.5. The Morgan fingerprint density at radius 3 is 2.59 bits per heavy atom. The SMILES string of the molecule is CCCNc1nc(SC(C)C)nc2c1cnn2CCNC(=O)C1(c2ccc(Cl)cc2)CCCC1. The second-order valence-electron chi connectivity index (χ2n) is 9.11. The maximum atomic E-state index is 13.4. The molecule has 1 aliphatic carbocycles. The van der Waals surface area contributed by atoms with Crippen molar-refractivity contribution in [3.63, 3.8) is 0 Å². The Bertz CT molecular complexity index is 1120. The van der Waals surface area contributed by atoms with E-state index < -0.39 is 5.41 Å². The average Bonchev–Trinajstić information content (AvgIpc) is 3.46. The molecule has 2 N–H and O–H groups in total. The number of rotatable bonds is 10. The van der Waals surface area contributed by atoms with Crippen molar-refractivity contribution in [1.82, 2.24) is 25.1 Å². The van der Waals surface area contributed by atoms with Crippen molar-refractivity contribution in [2.24, 2.45) is 0 Å². The Morgan fingerprint density at radius 2 is 1.91 bits per heavy atom. The van der Waals surface area contributed by atoms with Crippen LogP contribution in [-0.4, -0.2) is 44.0 Å². The van der Waals surface area contributed by atoms with Crippen LogP contribution >= 0.6 is 23.4 Å². The highest BCUT2D eigenvalue weighted by Crippen LogP contribution is 2.41. The molecule has 34 heavy (non-hydrogen) atoms. The zero-order chi connectivity index (χ0) is 24.1. The zero-order valence-electron chi connectivity index (χ0n) is 20.1. The number of aromatic nitrogens is 4. The molecule has 0 aliphatic heterocycles. The second kappa shape index (κ2) is 11.0. The first-order valence-electron chi connectivity index (χ1n) is 12.1. The number of nitrogens with one attached hydrogen (secondary N) is 2. The summed E-state index contributed by atoms with van der Waals surface area (Å²) in [5, 5.41) is 13.9. The molecular weight excluding hydrogens is 468 g/mol. The van der Waals surface area contributed by atoms with Gasteiger partial charge in [-0.1, -0.05) is 69.1 Å². The number of benzene rings is 1. The Labute approximate surface area is 210 Å². The Balaban J connectivity index is 1.50.